The molecule has 0 amide bonds. The zero-order chi connectivity index (χ0) is 17.3. The third-order valence-electron chi connectivity index (χ3n) is 4.54. The molecule has 0 atom stereocenters. The van der Waals surface area contributed by atoms with Gasteiger partial charge >= 0.3 is 5.69 Å². The molecule has 5 rings (SSSR count). The molecule has 5 aromatic rings. The van der Waals surface area contributed by atoms with E-state index >= 15 is 0 Å². The standard InChI is InChI=1S/C18H9N3O4/c22-16-9-4-3-5-10-15(9)11(8-14(16)21(24)25)17-19-12-6-1-2-7-13(12)20(17)18(10)23/h1-8,22H. The quantitative estimate of drug-likeness (QED) is 0.376. The van der Waals surface area contributed by atoms with Crippen molar-refractivity contribution in [2.75, 3.05) is 0 Å². The van der Waals surface area contributed by atoms with Crippen LogP contribution in [0.5, 0.6) is 5.75 Å². The van der Waals surface area contributed by atoms with Gasteiger partial charge in [0.2, 0.25) is 5.75 Å². The van der Waals surface area contributed by atoms with Gasteiger partial charge in [-0.1, -0.05) is 24.3 Å². The van der Waals surface area contributed by atoms with Gasteiger partial charge in [-0.25, -0.2) is 4.98 Å². The first-order chi connectivity index (χ1) is 12.1. The third kappa shape index (κ3) is 1.59. The predicted octanol–water partition coefficient (Wildman–Crippen LogP) is 3.21. The number of phenolic OH excluding ortho intramolecular Hbond substituents is 1. The number of phenols is 1. The smallest absolute Gasteiger partial charge is 0.312 e. The molecule has 0 fully saturated rings. The van der Waals surface area contributed by atoms with Gasteiger partial charge in [0, 0.05) is 27.6 Å². The number of rotatable bonds is 1. The van der Waals surface area contributed by atoms with Gasteiger partial charge in [0.1, 0.15) is 5.65 Å². The average molecular weight is 331 g/mol. The maximum absolute atomic E-state index is 13.0. The molecule has 120 valence electrons. The van der Waals surface area contributed by atoms with E-state index in [4.69, 9.17) is 0 Å². The minimum atomic E-state index is -0.638. The molecule has 7 heteroatoms. The Hall–Kier alpha value is -3.74. The van der Waals surface area contributed by atoms with Crippen molar-refractivity contribution in [2.45, 2.75) is 0 Å². The van der Waals surface area contributed by atoms with E-state index in [0.29, 0.717) is 32.8 Å². The van der Waals surface area contributed by atoms with Gasteiger partial charge in [-0.2, -0.15) is 0 Å². The van der Waals surface area contributed by atoms with Crippen LogP contribution >= 0.6 is 0 Å². The molecule has 0 saturated carbocycles. The lowest BCUT2D eigenvalue weighted by Crippen LogP contribution is -2.13. The van der Waals surface area contributed by atoms with E-state index in [2.05, 4.69) is 4.98 Å². The summed E-state index contributed by atoms with van der Waals surface area (Å²) in [5.41, 5.74) is 0.934. The average Bonchev–Trinajstić information content (AvgIpc) is 3.00. The van der Waals surface area contributed by atoms with Gasteiger partial charge in [0.25, 0.3) is 5.56 Å². The Morgan fingerprint density at radius 2 is 1.80 bits per heavy atom. The number of para-hydroxylation sites is 2. The molecule has 0 unspecified atom stereocenters. The molecule has 2 aromatic heterocycles. The lowest BCUT2D eigenvalue weighted by molar-refractivity contribution is -0.385. The second-order valence-corrected chi connectivity index (χ2v) is 5.84. The molecule has 0 aliphatic rings. The maximum atomic E-state index is 13.0. The molecule has 25 heavy (non-hydrogen) atoms. The molecule has 0 aliphatic carbocycles. The Kier molecular flexibility index (Phi) is 2.42. The summed E-state index contributed by atoms with van der Waals surface area (Å²) in [5.74, 6) is -0.442. The number of fused-ring (bicyclic) bond motifs is 4. The monoisotopic (exact) mass is 331 g/mol. The van der Waals surface area contributed by atoms with Crippen LogP contribution < -0.4 is 5.56 Å². The Morgan fingerprint density at radius 3 is 2.60 bits per heavy atom. The lowest BCUT2D eigenvalue weighted by Gasteiger charge is -2.09. The number of pyridine rings is 1. The van der Waals surface area contributed by atoms with Gasteiger partial charge in [-0.05, 0) is 18.2 Å². The second-order valence-electron chi connectivity index (χ2n) is 5.84. The Bertz CT molecular complexity index is 1400. The topological polar surface area (TPSA) is 97.7 Å². The van der Waals surface area contributed by atoms with Crippen LogP contribution in [-0.4, -0.2) is 19.4 Å². The van der Waals surface area contributed by atoms with Gasteiger partial charge in [0.15, 0.2) is 0 Å². The van der Waals surface area contributed by atoms with Crippen LogP contribution in [0.3, 0.4) is 0 Å². The molecular formula is C18H9N3O4. The van der Waals surface area contributed by atoms with Crippen LogP contribution in [-0.2, 0) is 0 Å². The molecule has 0 bridgehead atoms. The van der Waals surface area contributed by atoms with Crippen molar-refractivity contribution < 1.29 is 10.0 Å². The molecule has 2 heterocycles. The van der Waals surface area contributed by atoms with Crippen molar-refractivity contribution in [3.8, 4) is 5.75 Å². The first-order valence-corrected chi connectivity index (χ1v) is 7.53. The Morgan fingerprint density at radius 1 is 1.04 bits per heavy atom. The summed E-state index contributed by atoms with van der Waals surface area (Å²) in [6.45, 7) is 0. The number of nitro groups is 1. The first-order valence-electron chi connectivity index (χ1n) is 7.53. The summed E-state index contributed by atoms with van der Waals surface area (Å²) in [4.78, 5) is 28.2. The van der Waals surface area contributed by atoms with Crippen molar-refractivity contribution >= 4 is 43.9 Å². The largest absolute Gasteiger partial charge is 0.502 e. The molecular weight excluding hydrogens is 322 g/mol. The number of imidazole rings is 1. The van der Waals surface area contributed by atoms with Crippen molar-refractivity contribution in [2.24, 2.45) is 0 Å². The molecule has 7 nitrogen and oxygen atoms in total. The number of aromatic hydroxyl groups is 1. The molecule has 1 N–H and O–H groups in total. The first kappa shape index (κ1) is 13.7. The van der Waals surface area contributed by atoms with Gasteiger partial charge < -0.3 is 5.11 Å². The van der Waals surface area contributed by atoms with E-state index in [1.807, 2.05) is 6.07 Å². The van der Waals surface area contributed by atoms with Crippen LogP contribution in [0, 0.1) is 10.1 Å². The predicted molar refractivity (Wildman–Crippen MR) is 93.5 cm³/mol. The molecule has 0 radical (unpaired) electrons. The fourth-order valence-electron chi connectivity index (χ4n) is 3.48. The van der Waals surface area contributed by atoms with E-state index in [0.717, 1.165) is 0 Å². The highest BCUT2D eigenvalue weighted by Gasteiger charge is 2.23. The van der Waals surface area contributed by atoms with Crippen LogP contribution in [0.4, 0.5) is 5.69 Å². The molecule has 0 aliphatic heterocycles. The number of nitrogens with zero attached hydrogens (tertiary/aromatic N) is 3. The number of hydrogen-bond acceptors (Lipinski definition) is 5. The highest BCUT2D eigenvalue weighted by Crippen LogP contribution is 2.40. The van der Waals surface area contributed by atoms with Crippen molar-refractivity contribution in [1.82, 2.24) is 9.38 Å². The fourth-order valence-corrected chi connectivity index (χ4v) is 3.48. The zero-order valence-corrected chi connectivity index (χ0v) is 12.6. The normalized spacial score (nSPS) is 11.8. The zero-order valence-electron chi connectivity index (χ0n) is 12.6. The van der Waals surface area contributed by atoms with Crippen molar-refractivity contribution in [3.63, 3.8) is 0 Å². The fraction of sp³-hybridized carbons (Fsp3) is 0. The SMILES string of the molecule is O=c1c2cccc3c(O)c([N+](=O)[O-])cc(c32)c2nc3ccccc3n12. The van der Waals surface area contributed by atoms with Crippen LogP contribution in [0.2, 0.25) is 0 Å². The lowest BCUT2D eigenvalue weighted by atomic mass is 10.0. The number of hydrogen-bond donors (Lipinski definition) is 1. The van der Waals surface area contributed by atoms with Gasteiger partial charge in [0.05, 0.1) is 16.0 Å². The van der Waals surface area contributed by atoms with E-state index < -0.39 is 16.4 Å². The minimum Gasteiger partial charge on any atom is -0.502 e. The van der Waals surface area contributed by atoms with E-state index in [-0.39, 0.29) is 10.9 Å². The summed E-state index contributed by atoms with van der Waals surface area (Å²) >= 11 is 0. The van der Waals surface area contributed by atoms with E-state index in [1.165, 1.54) is 10.5 Å². The number of aromatic nitrogens is 2. The summed E-state index contributed by atoms with van der Waals surface area (Å²) in [6.07, 6.45) is 0. The van der Waals surface area contributed by atoms with Crippen LogP contribution in [0.15, 0.2) is 53.3 Å². The Labute approximate surface area is 138 Å². The van der Waals surface area contributed by atoms with Gasteiger partial charge in [-0.15, -0.1) is 0 Å². The number of nitro benzene ring substituents is 1. The van der Waals surface area contributed by atoms with Gasteiger partial charge in [-0.3, -0.25) is 19.3 Å². The summed E-state index contributed by atoms with van der Waals surface area (Å²) in [6, 6.07) is 13.3. The van der Waals surface area contributed by atoms with Crippen molar-refractivity contribution in [1.29, 1.82) is 0 Å². The van der Waals surface area contributed by atoms with E-state index in [1.54, 1.807) is 36.4 Å². The molecule has 0 saturated heterocycles. The summed E-state index contributed by atoms with van der Waals surface area (Å²) < 4.78 is 1.47. The van der Waals surface area contributed by atoms with E-state index in [9.17, 15) is 20.0 Å². The molecule has 3 aromatic carbocycles. The maximum Gasteiger partial charge on any atom is 0.312 e. The Balaban J connectivity index is 2.21. The summed E-state index contributed by atoms with van der Waals surface area (Å²) in [7, 11) is 0. The summed E-state index contributed by atoms with van der Waals surface area (Å²) in [5, 5.41) is 23.2. The second kappa shape index (κ2) is 4.41. The molecule has 0 spiro atoms. The van der Waals surface area contributed by atoms with Crippen molar-refractivity contribution in [3.05, 3.63) is 69.0 Å². The highest BCUT2D eigenvalue weighted by molar-refractivity contribution is 6.18. The number of benzene rings is 3. The highest BCUT2D eigenvalue weighted by atomic mass is 16.6. The van der Waals surface area contributed by atoms with Crippen LogP contribution in [0.25, 0.3) is 38.2 Å². The third-order valence-corrected chi connectivity index (χ3v) is 4.54. The minimum absolute atomic E-state index is 0.268. The van der Waals surface area contributed by atoms with Crippen LogP contribution in [0.1, 0.15) is 0 Å².